The fourth-order valence-corrected chi connectivity index (χ4v) is 2.16. The number of nitrogens with zero attached hydrogens (tertiary/aromatic N) is 2. The van der Waals surface area contributed by atoms with Crippen molar-refractivity contribution in [3.8, 4) is 5.75 Å². The number of allylic oxidation sites excluding steroid dienone is 1. The molecular weight excluding hydrogens is 340 g/mol. The predicted molar refractivity (Wildman–Crippen MR) is 94.5 cm³/mol. The number of carboxylic acid groups (broad SMARTS) is 1. The Labute approximate surface area is 148 Å². The molecule has 0 unspecified atom stereocenters. The predicted octanol–water partition coefficient (Wildman–Crippen LogP) is 0.832. The molecule has 0 bridgehead atoms. The molecule has 1 heterocycles. The number of aromatic nitrogens is 2. The number of aryl methyl sites for hydroxylation is 1. The van der Waals surface area contributed by atoms with Crippen LogP contribution in [0, 0.1) is 0 Å². The third-order valence-electron chi connectivity index (χ3n) is 3.69. The third-order valence-corrected chi connectivity index (χ3v) is 3.69. The summed E-state index contributed by atoms with van der Waals surface area (Å²) in [6.45, 7) is 1.40. The monoisotopic (exact) mass is 358 g/mol. The molecule has 0 fully saturated rings. The van der Waals surface area contributed by atoms with Crippen LogP contribution in [0.4, 0.5) is 0 Å². The first kappa shape index (κ1) is 18.9. The van der Waals surface area contributed by atoms with Gasteiger partial charge in [-0.3, -0.25) is 14.2 Å². The Bertz CT molecular complexity index is 982. The van der Waals surface area contributed by atoms with Gasteiger partial charge in [0.05, 0.1) is 5.56 Å². The van der Waals surface area contributed by atoms with Crippen molar-refractivity contribution in [2.24, 2.45) is 14.1 Å². The molecule has 0 amide bonds. The Hall–Kier alpha value is -3.42. The molecule has 8 nitrogen and oxygen atoms in total. The Balaban J connectivity index is 2.18. The van der Waals surface area contributed by atoms with E-state index in [0.717, 1.165) is 4.57 Å². The van der Waals surface area contributed by atoms with E-state index in [2.05, 4.69) is 0 Å². The standard InChI is InChI=1S/C18H18N2O6/c1-11(17(23)24)26-14-7-4-12(5-8-14)15(21)9-6-13-10-19(2)18(25)20(3)16(13)22/h4-11H,1-3H3,(H,23,24)/b9-6-/t11-/m1/s1. The Morgan fingerprint density at radius 2 is 1.77 bits per heavy atom. The molecule has 0 aliphatic heterocycles. The molecule has 1 aromatic heterocycles. The zero-order valence-corrected chi connectivity index (χ0v) is 14.5. The highest BCUT2D eigenvalue weighted by Crippen LogP contribution is 2.15. The molecule has 1 atom stereocenters. The zero-order chi connectivity index (χ0) is 19.4. The highest BCUT2D eigenvalue weighted by Gasteiger charge is 2.12. The summed E-state index contributed by atoms with van der Waals surface area (Å²) in [6, 6.07) is 5.97. The minimum Gasteiger partial charge on any atom is -0.479 e. The highest BCUT2D eigenvalue weighted by atomic mass is 16.5. The van der Waals surface area contributed by atoms with Gasteiger partial charge in [0, 0.05) is 25.9 Å². The van der Waals surface area contributed by atoms with E-state index in [9.17, 15) is 19.2 Å². The molecule has 0 spiro atoms. The lowest BCUT2D eigenvalue weighted by molar-refractivity contribution is -0.144. The summed E-state index contributed by atoms with van der Waals surface area (Å²) < 4.78 is 7.40. The molecule has 8 heteroatoms. The normalized spacial score (nSPS) is 12.1. The number of aliphatic carboxylic acids is 1. The van der Waals surface area contributed by atoms with Crippen molar-refractivity contribution in [3.05, 3.63) is 68.5 Å². The number of carboxylic acids is 1. The molecule has 0 radical (unpaired) electrons. The summed E-state index contributed by atoms with van der Waals surface area (Å²) in [5, 5.41) is 8.81. The van der Waals surface area contributed by atoms with Gasteiger partial charge in [-0.2, -0.15) is 0 Å². The van der Waals surface area contributed by atoms with Gasteiger partial charge in [-0.05, 0) is 43.3 Å². The lowest BCUT2D eigenvalue weighted by atomic mass is 10.1. The molecule has 2 rings (SSSR count). The van der Waals surface area contributed by atoms with E-state index in [-0.39, 0.29) is 11.3 Å². The summed E-state index contributed by atoms with van der Waals surface area (Å²) in [4.78, 5) is 46.6. The lowest BCUT2D eigenvalue weighted by Gasteiger charge is -2.10. The molecule has 1 N–H and O–H groups in total. The quantitative estimate of drug-likeness (QED) is 0.605. The van der Waals surface area contributed by atoms with Crippen molar-refractivity contribution in [3.63, 3.8) is 0 Å². The number of carbonyl (C=O) groups is 2. The van der Waals surface area contributed by atoms with E-state index >= 15 is 0 Å². The average Bonchev–Trinajstić information content (AvgIpc) is 2.62. The summed E-state index contributed by atoms with van der Waals surface area (Å²) in [5.74, 6) is -1.11. The first-order chi connectivity index (χ1) is 12.2. The van der Waals surface area contributed by atoms with Crippen LogP contribution < -0.4 is 16.0 Å². The molecule has 0 aliphatic rings. The van der Waals surface area contributed by atoms with Crippen LogP contribution in [0.5, 0.6) is 5.75 Å². The summed E-state index contributed by atoms with van der Waals surface area (Å²) >= 11 is 0. The van der Waals surface area contributed by atoms with Crippen molar-refractivity contribution in [1.29, 1.82) is 0 Å². The van der Waals surface area contributed by atoms with Crippen LogP contribution in [0.15, 0.2) is 46.1 Å². The van der Waals surface area contributed by atoms with Gasteiger partial charge in [0.25, 0.3) is 5.56 Å². The minimum absolute atomic E-state index is 0.207. The second-order valence-corrected chi connectivity index (χ2v) is 5.66. The van der Waals surface area contributed by atoms with Crippen molar-refractivity contribution < 1.29 is 19.4 Å². The van der Waals surface area contributed by atoms with E-state index < -0.39 is 23.3 Å². The van der Waals surface area contributed by atoms with Crippen LogP contribution in [0.3, 0.4) is 0 Å². The topological polar surface area (TPSA) is 108 Å². The number of benzene rings is 1. The SMILES string of the molecule is C[C@@H](Oc1ccc(C(=O)/C=C\c2cn(C)c(=O)n(C)c2=O)cc1)C(=O)O. The van der Waals surface area contributed by atoms with Crippen LogP contribution >= 0.6 is 0 Å². The van der Waals surface area contributed by atoms with E-state index in [1.807, 2.05) is 0 Å². The van der Waals surface area contributed by atoms with Gasteiger partial charge < -0.3 is 14.4 Å². The molecular formula is C18H18N2O6. The number of carbonyl (C=O) groups excluding carboxylic acids is 1. The number of rotatable bonds is 6. The van der Waals surface area contributed by atoms with Crippen LogP contribution in [0.25, 0.3) is 6.08 Å². The van der Waals surface area contributed by atoms with Gasteiger partial charge in [0.2, 0.25) is 0 Å². The number of hydrogen-bond acceptors (Lipinski definition) is 5. The van der Waals surface area contributed by atoms with E-state index in [0.29, 0.717) is 11.3 Å². The number of hydrogen-bond donors (Lipinski definition) is 1. The first-order valence-corrected chi connectivity index (χ1v) is 7.69. The van der Waals surface area contributed by atoms with Gasteiger partial charge in [-0.1, -0.05) is 0 Å². The fourth-order valence-electron chi connectivity index (χ4n) is 2.16. The maximum absolute atomic E-state index is 12.2. The summed E-state index contributed by atoms with van der Waals surface area (Å²) in [5.41, 5.74) is -0.399. The summed E-state index contributed by atoms with van der Waals surface area (Å²) in [6.07, 6.45) is 2.94. The maximum atomic E-state index is 12.2. The van der Waals surface area contributed by atoms with E-state index in [4.69, 9.17) is 9.84 Å². The molecule has 1 aromatic carbocycles. The van der Waals surface area contributed by atoms with Crippen molar-refractivity contribution in [1.82, 2.24) is 9.13 Å². The van der Waals surface area contributed by atoms with Crippen LogP contribution in [-0.2, 0) is 18.9 Å². The van der Waals surface area contributed by atoms with Gasteiger partial charge >= 0.3 is 11.7 Å². The molecule has 2 aromatic rings. The Morgan fingerprint density at radius 3 is 2.35 bits per heavy atom. The van der Waals surface area contributed by atoms with Crippen molar-refractivity contribution in [2.45, 2.75) is 13.0 Å². The molecule has 0 saturated heterocycles. The minimum atomic E-state index is -1.09. The van der Waals surface area contributed by atoms with Crippen LogP contribution in [-0.4, -0.2) is 32.1 Å². The van der Waals surface area contributed by atoms with E-state index in [1.165, 1.54) is 68.2 Å². The second-order valence-electron chi connectivity index (χ2n) is 5.66. The molecule has 0 aliphatic carbocycles. The molecule has 0 saturated carbocycles. The summed E-state index contributed by atoms with van der Waals surface area (Å²) in [7, 11) is 2.87. The number of ether oxygens (including phenoxy) is 1. The second kappa shape index (κ2) is 7.64. The van der Waals surface area contributed by atoms with Gasteiger partial charge in [0.15, 0.2) is 11.9 Å². The third kappa shape index (κ3) is 4.15. The van der Waals surface area contributed by atoms with Crippen LogP contribution in [0.2, 0.25) is 0 Å². The fraction of sp³-hybridized carbons (Fsp3) is 0.222. The zero-order valence-electron chi connectivity index (χ0n) is 14.5. The van der Waals surface area contributed by atoms with Gasteiger partial charge in [-0.25, -0.2) is 9.59 Å². The Kier molecular flexibility index (Phi) is 5.56. The van der Waals surface area contributed by atoms with Gasteiger partial charge in [-0.15, -0.1) is 0 Å². The first-order valence-electron chi connectivity index (χ1n) is 7.69. The lowest BCUT2D eigenvalue weighted by Crippen LogP contribution is -2.37. The van der Waals surface area contributed by atoms with Crippen LogP contribution in [0.1, 0.15) is 22.8 Å². The van der Waals surface area contributed by atoms with Gasteiger partial charge in [0.1, 0.15) is 5.75 Å². The largest absolute Gasteiger partial charge is 0.479 e. The van der Waals surface area contributed by atoms with Crippen molar-refractivity contribution >= 4 is 17.8 Å². The number of ketones is 1. The van der Waals surface area contributed by atoms with E-state index in [1.54, 1.807) is 0 Å². The highest BCUT2D eigenvalue weighted by molar-refractivity contribution is 6.06. The molecule has 136 valence electrons. The average molecular weight is 358 g/mol. The molecule has 26 heavy (non-hydrogen) atoms. The smallest absolute Gasteiger partial charge is 0.344 e. The Morgan fingerprint density at radius 1 is 1.15 bits per heavy atom. The maximum Gasteiger partial charge on any atom is 0.344 e. The van der Waals surface area contributed by atoms with Crippen molar-refractivity contribution in [2.75, 3.05) is 0 Å².